The van der Waals surface area contributed by atoms with Gasteiger partial charge in [0.25, 0.3) is 0 Å². The summed E-state index contributed by atoms with van der Waals surface area (Å²) in [5, 5.41) is 9.30. The van der Waals surface area contributed by atoms with Gasteiger partial charge in [0.1, 0.15) is 5.60 Å². The van der Waals surface area contributed by atoms with Crippen molar-refractivity contribution in [2.45, 2.75) is 65.5 Å². The van der Waals surface area contributed by atoms with Crippen molar-refractivity contribution in [2.24, 2.45) is 10.9 Å². The Kier molecular flexibility index (Phi) is 8.48. The third-order valence-corrected chi connectivity index (χ3v) is 3.41. The van der Waals surface area contributed by atoms with Crippen molar-refractivity contribution in [3.63, 3.8) is 0 Å². The SMILES string of the molecule is CCNC(=NCC(C)(C)NC(=O)OC(C)(C)C)NCCOCC1CC1. The number of aliphatic imine (C=N–C) groups is 1. The fourth-order valence-electron chi connectivity index (χ4n) is 2.01. The molecule has 7 heteroatoms. The van der Waals surface area contributed by atoms with Gasteiger partial charge in [-0.15, -0.1) is 0 Å². The molecule has 1 amide bonds. The van der Waals surface area contributed by atoms with Crippen LogP contribution in [-0.2, 0) is 9.47 Å². The van der Waals surface area contributed by atoms with Gasteiger partial charge in [-0.2, -0.15) is 0 Å². The van der Waals surface area contributed by atoms with Crippen LogP contribution < -0.4 is 16.0 Å². The van der Waals surface area contributed by atoms with Crippen LogP contribution in [0.15, 0.2) is 4.99 Å². The third-order valence-electron chi connectivity index (χ3n) is 3.41. The van der Waals surface area contributed by atoms with Gasteiger partial charge < -0.3 is 25.4 Å². The Morgan fingerprint density at radius 2 is 1.84 bits per heavy atom. The van der Waals surface area contributed by atoms with Crippen molar-refractivity contribution in [3.05, 3.63) is 0 Å². The van der Waals surface area contributed by atoms with Crippen molar-refractivity contribution >= 4 is 12.1 Å². The predicted octanol–water partition coefficient (Wildman–Crippen LogP) is 2.27. The van der Waals surface area contributed by atoms with Crippen LogP contribution in [0.1, 0.15) is 54.4 Å². The smallest absolute Gasteiger partial charge is 0.408 e. The number of guanidine groups is 1. The first kappa shape index (κ1) is 21.5. The summed E-state index contributed by atoms with van der Waals surface area (Å²) in [6, 6.07) is 0. The van der Waals surface area contributed by atoms with E-state index in [1.807, 2.05) is 41.5 Å². The first-order chi connectivity index (χ1) is 11.6. The number of rotatable bonds is 9. The Labute approximate surface area is 152 Å². The number of carbonyl (C=O) groups excluding carboxylic acids is 1. The predicted molar refractivity (Wildman–Crippen MR) is 101 cm³/mol. The van der Waals surface area contributed by atoms with Crippen molar-refractivity contribution in [3.8, 4) is 0 Å². The van der Waals surface area contributed by atoms with E-state index < -0.39 is 17.2 Å². The zero-order valence-corrected chi connectivity index (χ0v) is 16.7. The average Bonchev–Trinajstić information content (AvgIpc) is 3.25. The fourth-order valence-corrected chi connectivity index (χ4v) is 2.01. The highest BCUT2D eigenvalue weighted by Crippen LogP contribution is 2.28. The van der Waals surface area contributed by atoms with Crippen molar-refractivity contribution in [1.82, 2.24) is 16.0 Å². The number of nitrogens with zero attached hydrogens (tertiary/aromatic N) is 1. The minimum Gasteiger partial charge on any atom is -0.444 e. The molecule has 1 aliphatic rings. The summed E-state index contributed by atoms with van der Waals surface area (Å²) in [5.74, 6) is 1.50. The zero-order valence-electron chi connectivity index (χ0n) is 16.7. The number of carbonyl (C=O) groups is 1. The summed E-state index contributed by atoms with van der Waals surface area (Å²) in [6.45, 7) is 14.8. The number of amides is 1. The molecular formula is C18H36N4O3. The number of hydrogen-bond acceptors (Lipinski definition) is 4. The Balaban J connectivity index is 2.37. The van der Waals surface area contributed by atoms with Crippen LogP contribution >= 0.6 is 0 Å². The molecule has 0 heterocycles. The maximum Gasteiger partial charge on any atom is 0.408 e. The molecule has 0 atom stereocenters. The molecule has 0 aliphatic heterocycles. The topological polar surface area (TPSA) is 84.0 Å². The van der Waals surface area contributed by atoms with Crippen LogP contribution in [0.3, 0.4) is 0 Å². The molecule has 0 radical (unpaired) electrons. The highest BCUT2D eigenvalue weighted by Gasteiger charge is 2.24. The Hall–Kier alpha value is -1.50. The molecule has 1 aliphatic carbocycles. The lowest BCUT2D eigenvalue weighted by Gasteiger charge is -2.27. The Morgan fingerprint density at radius 1 is 1.16 bits per heavy atom. The van der Waals surface area contributed by atoms with E-state index in [0.717, 1.165) is 25.0 Å². The number of hydrogen-bond donors (Lipinski definition) is 3. The second-order valence-corrected chi connectivity index (χ2v) is 8.15. The molecule has 3 N–H and O–H groups in total. The van der Waals surface area contributed by atoms with E-state index >= 15 is 0 Å². The molecule has 0 spiro atoms. The van der Waals surface area contributed by atoms with Crippen LogP contribution in [0.4, 0.5) is 4.79 Å². The molecule has 1 fully saturated rings. The summed E-state index contributed by atoms with van der Waals surface area (Å²) in [4.78, 5) is 16.5. The molecule has 146 valence electrons. The highest BCUT2D eigenvalue weighted by atomic mass is 16.6. The van der Waals surface area contributed by atoms with Crippen LogP contribution in [0.5, 0.6) is 0 Å². The van der Waals surface area contributed by atoms with Gasteiger partial charge >= 0.3 is 6.09 Å². The van der Waals surface area contributed by atoms with Gasteiger partial charge in [-0.25, -0.2) is 4.79 Å². The van der Waals surface area contributed by atoms with Gasteiger partial charge in [-0.3, -0.25) is 4.99 Å². The average molecular weight is 357 g/mol. The van der Waals surface area contributed by atoms with Crippen molar-refractivity contribution < 1.29 is 14.3 Å². The maximum absolute atomic E-state index is 11.9. The molecule has 0 aromatic rings. The van der Waals surface area contributed by atoms with E-state index in [4.69, 9.17) is 9.47 Å². The second kappa shape index (κ2) is 9.85. The quantitative estimate of drug-likeness (QED) is 0.335. The van der Waals surface area contributed by atoms with Gasteiger partial charge in [0.05, 0.1) is 18.7 Å². The van der Waals surface area contributed by atoms with Crippen molar-refractivity contribution in [2.75, 3.05) is 32.8 Å². The van der Waals surface area contributed by atoms with Crippen LogP contribution in [-0.4, -0.2) is 56.0 Å². The van der Waals surface area contributed by atoms with E-state index in [2.05, 4.69) is 20.9 Å². The van der Waals surface area contributed by atoms with Crippen molar-refractivity contribution in [1.29, 1.82) is 0 Å². The minimum atomic E-state index is -0.514. The van der Waals surface area contributed by atoms with Gasteiger partial charge in [0.15, 0.2) is 5.96 Å². The zero-order chi connectivity index (χ0) is 18.9. The molecule has 25 heavy (non-hydrogen) atoms. The van der Waals surface area contributed by atoms with E-state index in [0.29, 0.717) is 19.7 Å². The summed E-state index contributed by atoms with van der Waals surface area (Å²) in [7, 11) is 0. The Bertz CT molecular complexity index is 440. The lowest BCUT2D eigenvalue weighted by Crippen LogP contribution is -2.49. The van der Waals surface area contributed by atoms with E-state index in [-0.39, 0.29) is 0 Å². The van der Waals surface area contributed by atoms with Gasteiger partial charge in [0, 0.05) is 19.7 Å². The lowest BCUT2D eigenvalue weighted by molar-refractivity contribution is 0.0476. The third kappa shape index (κ3) is 11.6. The van der Waals surface area contributed by atoms with E-state index in [1.165, 1.54) is 12.8 Å². The molecule has 1 rings (SSSR count). The summed E-state index contributed by atoms with van der Waals surface area (Å²) < 4.78 is 10.9. The second-order valence-electron chi connectivity index (χ2n) is 8.15. The molecular weight excluding hydrogens is 320 g/mol. The molecule has 1 saturated carbocycles. The molecule has 0 saturated heterocycles. The van der Waals surface area contributed by atoms with E-state index in [1.54, 1.807) is 0 Å². The number of nitrogens with one attached hydrogen (secondary N) is 3. The monoisotopic (exact) mass is 356 g/mol. The first-order valence-electron chi connectivity index (χ1n) is 9.22. The van der Waals surface area contributed by atoms with Crippen LogP contribution in [0.25, 0.3) is 0 Å². The van der Waals surface area contributed by atoms with Gasteiger partial charge in [-0.05, 0) is 60.3 Å². The number of ether oxygens (including phenoxy) is 2. The lowest BCUT2D eigenvalue weighted by atomic mass is 10.1. The van der Waals surface area contributed by atoms with Crippen LogP contribution in [0.2, 0.25) is 0 Å². The normalized spacial score (nSPS) is 15.7. The van der Waals surface area contributed by atoms with Gasteiger partial charge in [0.2, 0.25) is 0 Å². The minimum absolute atomic E-state index is 0.431. The fraction of sp³-hybridized carbons (Fsp3) is 0.889. The molecule has 0 aromatic heterocycles. The summed E-state index contributed by atoms with van der Waals surface area (Å²) in [5.41, 5.74) is -1.02. The highest BCUT2D eigenvalue weighted by molar-refractivity contribution is 5.79. The Morgan fingerprint density at radius 3 is 2.40 bits per heavy atom. The molecule has 0 aromatic carbocycles. The summed E-state index contributed by atoms with van der Waals surface area (Å²) >= 11 is 0. The van der Waals surface area contributed by atoms with E-state index in [9.17, 15) is 4.79 Å². The molecule has 0 bridgehead atoms. The molecule has 0 unspecified atom stereocenters. The standard InChI is InChI=1S/C18H36N4O3/c1-7-19-15(20-10-11-24-12-14-8-9-14)21-13-18(5,6)22-16(23)25-17(2,3)4/h14H,7-13H2,1-6H3,(H,22,23)(H2,19,20,21). The maximum atomic E-state index is 11.9. The summed E-state index contributed by atoms with van der Waals surface area (Å²) in [6.07, 6.45) is 2.17. The largest absolute Gasteiger partial charge is 0.444 e. The first-order valence-corrected chi connectivity index (χ1v) is 9.22. The van der Waals surface area contributed by atoms with Crippen LogP contribution in [0, 0.1) is 5.92 Å². The molecule has 7 nitrogen and oxygen atoms in total. The number of alkyl carbamates (subject to hydrolysis) is 1. The van der Waals surface area contributed by atoms with Gasteiger partial charge in [-0.1, -0.05) is 0 Å².